The molecule has 0 spiro atoms. The maximum absolute atomic E-state index is 9.03. The molecule has 58 valence electrons. The van der Waals surface area contributed by atoms with E-state index in [2.05, 4.69) is 15.9 Å². The molecule has 0 unspecified atom stereocenters. The van der Waals surface area contributed by atoms with Crippen molar-refractivity contribution in [2.45, 2.75) is 12.8 Å². The van der Waals surface area contributed by atoms with E-state index >= 15 is 0 Å². The predicted octanol–water partition coefficient (Wildman–Crippen LogP) is -2.09. The van der Waals surface area contributed by atoms with Crippen LogP contribution in [0.15, 0.2) is 0 Å². The van der Waals surface area contributed by atoms with Gasteiger partial charge < -0.3 is 14.6 Å². The highest BCUT2D eigenvalue weighted by molar-refractivity contribution is 5.53. The molecule has 0 aromatic carbocycles. The minimum atomic E-state index is -1.50. The molecular formula is C6H11NO3. The first-order chi connectivity index (χ1) is 4.77. The Morgan fingerprint density at radius 3 is 2.50 bits per heavy atom. The van der Waals surface area contributed by atoms with Crippen molar-refractivity contribution in [3.05, 3.63) is 0 Å². The molecule has 0 fully saturated rings. The number of carbonyl (C=O) groups excluding carboxylic acids is 1. The molecule has 1 aliphatic heterocycles. The van der Waals surface area contributed by atoms with Gasteiger partial charge in [0.2, 0.25) is 0 Å². The van der Waals surface area contributed by atoms with E-state index in [0.717, 1.165) is 7.11 Å². The highest BCUT2D eigenvalue weighted by Gasteiger charge is 1.93. The zero-order valence-corrected chi connectivity index (χ0v) is 5.92. The van der Waals surface area contributed by atoms with Crippen molar-refractivity contribution >= 4 is 12.4 Å². The first-order valence-corrected chi connectivity index (χ1v) is 3.07. The van der Waals surface area contributed by atoms with Gasteiger partial charge in [0.05, 0.1) is 0 Å². The van der Waals surface area contributed by atoms with Gasteiger partial charge in [-0.15, -0.1) is 0 Å². The topological polar surface area (TPSA) is 63.3 Å². The van der Waals surface area contributed by atoms with Crippen LogP contribution in [0, 0.1) is 0 Å². The van der Waals surface area contributed by atoms with Gasteiger partial charge in [-0.2, -0.15) is 0 Å². The van der Waals surface area contributed by atoms with Gasteiger partial charge in [-0.05, 0) is 0 Å². The molecule has 0 saturated heterocycles. The number of carbonyl (C=O) groups is 1. The number of rotatable bonds is 0. The second-order valence-electron chi connectivity index (χ2n) is 1.75. The molecule has 0 aromatic rings. The Bertz CT molecular complexity index is 116. The quantitative estimate of drug-likeness (QED) is 0.397. The second kappa shape index (κ2) is 6.07. The lowest BCUT2D eigenvalue weighted by molar-refractivity contribution is -0.442. The van der Waals surface area contributed by atoms with E-state index in [1.807, 2.05) is 0 Å². The molecule has 1 heterocycles. The Morgan fingerprint density at radius 2 is 2.40 bits per heavy atom. The maximum Gasteiger partial charge on any atom is 0.251 e. The van der Waals surface area contributed by atoms with Crippen LogP contribution in [-0.4, -0.2) is 26.0 Å². The van der Waals surface area contributed by atoms with Crippen molar-refractivity contribution in [1.29, 1.82) is 0 Å². The summed E-state index contributed by atoms with van der Waals surface area (Å²) >= 11 is 0. The van der Waals surface area contributed by atoms with Gasteiger partial charge in [0, 0.05) is 20.0 Å². The summed E-state index contributed by atoms with van der Waals surface area (Å²) in [6.45, 7) is 1.19. The summed E-state index contributed by atoms with van der Waals surface area (Å²) in [4.78, 5) is 12.1. The minimum absolute atomic E-state index is 1.04. The van der Waals surface area contributed by atoms with E-state index in [9.17, 15) is 0 Å². The van der Waals surface area contributed by atoms with Crippen molar-refractivity contribution in [3.63, 3.8) is 0 Å². The Labute approximate surface area is 59.5 Å². The van der Waals surface area contributed by atoms with E-state index in [1.54, 1.807) is 0 Å². The lowest BCUT2D eigenvalue weighted by Crippen LogP contribution is -2.65. The van der Waals surface area contributed by atoms with Gasteiger partial charge in [0.15, 0.2) is 0 Å². The molecule has 4 heteroatoms. The normalized spacial score (nSPS) is 13.7. The summed E-state index contributed by atoms with van der Waals surface area (Å²) in [5.74, 6) is 0. The van der Waals surface area contributed by atoms with Crippen LogP contribution in [-0.2, 0) is 4.74 Å². The minimum Gasteiger partial charge on any atom is -0.553 e. The molecule has 0 aliphatic carbocycles. The largest absolute Gasteiger partial charge is 0.553 e. The predicted molar refractivity (Wildman–Crippen MR) is 33.5 cm³/mol. The van der Waals surface area contributed by atoms with Gasteiger partial charge in [0.25, 0.3) is 6.16 Å². The third-order valence-electron chi connectivity index (χ3n) is 0.981. The number of nitrogens with one attached hydrogen (secondary N) is 1. The van der Waals surface area contributed by atoms with E-state index in [-0.39, 0.29) is 0 Å². The van der Waals surface area contributed by atoms with Crippen molar-refractivity contribution in [2.75, 3.05) is 13.7 Å². The van der Waals surface area contributed by atoms with E-state index in [1.165, 1.54) is 19.4 Å². The van der Waals surface area contributed by atoms with E-state index in [4.69, 9.17) is 9.90 Å². The highest BCUT2D eigenvalue weighted by Crippen LogP contribution is 1.77. The van der Waals surface area contributed by atoms with E-state index in [0.29, 0.717) is 0 Å². The summed E-state index contributed by atoms with van der Waals surface area (Å²) in [6, 6.07) is 0. The Hall–Kier alpha value is -1.06. The summed E-state index contributed by atoms with van der Waals surface area (Å²) < 4.78 is 3.56. The zero-order chi connectivity index (χ0) is 7.82. The molecule has 0 radical (unpaired) electrons. The number of hydrogen-bond donors (Lipinski definition) is 1. The average Bonchev–Trinajstić information content (AvgIpc) is 2.43. The van der Waals surface area contributed by atoms with Crippen LogP contribution in [0.25, 0.3) is 0 Å². The number of methoxy groups -OCH3 is 1. The molecule has 0 aromatic heterocycles. The van der Waals surface area contributed by atoms with Gasteiger partial charge in [-0.1, -0.05) is 0 Å². The molecule has 1 rings (SSSR count). The van der Waals surface area contributed by atoms with Crippen LogP contribution in [0.1, 0.15) is 12.8 Å². The fourth-order valence-corrected chi connectivity index (χ4v) is 0.510. The van der Waals surface area contributed by atoms with Gasteiger partial charge >= 0.3 is 0 Å². The molecule has 0 atom stereocenters. The molecule has 4 nitrogen and oxygen atoms in total. The first kappa shape index (κ1) is 8.94. The second-order valence-corrected chi connectivity index (χ2v) is 1.75. The van der Waals surface area contributed by atoms with Crippen molar-refractivity contribution in [3.8, 4) is 0 Å². The Balaban J connectivity index is 0.000000162. The Kier molecular flexibility index (Phi) is 5.42. The first-order valence-electron chi connectivity index (χ1n) is 3.07. The van der Waals surface area contributed by atoms with Crippen LogP contribution in [0.5, 0.6) is 0 Å². The number of carboxylic acid groups (broad SMARTS) is 1. The maximum atomic E-state index is 9.03. The van der Waals surface area contributed by atoms with Gasteiger partial charge in [0.1, 0.15) is 12.8 Å². The van der Waals surface area contributed by atoms with Crippen LogP contribution in [0.2, 0.25) is 0 Å². The lowest BCUT2D eigenvalue weighted by Gasteiger charge is -1.92. The zero-order valence-electron chi connectivity index (χ0n) is 5.92. The standard InChI is InChI=1S/C4H7N.C2H4O3/c1-2-4-5-3-1;1-5-2(3)4/h3H,1-2,4H2;1H3,(H,3,4). The van der Waals surface area contributed by atoms with Crippen LogP contribution >= 0.6 is 0 Å². The highest BCUT2D eigenvalue weighted by atomic mass is 16.6. The molecule has 0 saturated carbocycles. The third kappa shape index (κ3) is 6.94. The van der Waals surface area contributed by atoms with Crippen molar-refractivity contribution in [2.24, 2.45) is 0 Å². The van der Waals surface area contributed by atoms with Crippen LogP contribution < -0.4 is 10.1 Å². The monoisotopic (exact) mass is 145 g/mol. The molecule has 1 aliphatic rings. The van der Waals surface area contributed by atoms with Crippen LogP contribution in [0.3, 0.4) is 0 Å². The van der Waals surface area contributed by atoms with Crippen molar-refractivity contribution < 1.29 is 19.6 Å². The van der Waals surface area contributed by atoms with Crippen LogP contribution in [0.4, 0.5) is 4.79 Å². The van der Waals surface area contributed by atoms with Crippen molar-refractivity contribution in [1.82, 2.24) is 0 Å². The molecular weight excluding hydrogens is 134 g/mol. The molecule has 0 amide bonds. The molecule has 0 bridgehead atoms. The summed E-state index contributed by atoms with van der Waals surface area (Å²) in [7, 11) is 1.04. The fraction of sp³-hybridized carbons (Fsp3) is 0.667. The molecule has 10 heavy (non-hydrogen) atoms. The summed E-state index contributed by atoms with van der Waals surface area (Å²) in [5, 5.41) is 9.03. The molecule has 1 N–H and O–H groups in total. The third-order valence-corrected chi connectivity index (χ3v) is 0.981. The van der Waals surface area contributed by atoms with E-state index < -0.39 is 6.16 Å². The Morgan fingerprint density at radius 1 is 1.80 bits per heavy atom. The lowest BCUT2D eigenvalue weighted by atomic mass is 10.4. The smallest absolute Gasteiger partial charge is 0.251 e. The summed E-state index contributed by atoms with van der Waals surface area (Å²) in [6.07, 6.45) is 3.21. The number of ether oxygens (including phenoxy) is 1. The fourth-order valence-electron chi connectivity index (χ4n) is 0.510. The van der Waals surface area contributed by atoms with Gasteiger partial charge in [-0.3, -0.25) is 4.99 Å². The van der Waals surface area contributed by atoms with Gasteiger partial charge in [-0.25, -0.2) is 0 Å². The number of hydrogen-bond acceptors (Lipinski definition) is 3. The average molecular weight is 145 g/mol. The summed E-state index contributed by atoms with van der Waals surface area (Å²) in [5.41, 5.74) is 0. The SMILES string of the molecule is C1=[NH+]CCC1.COC(=O)[O-].